The Morgan fingerprint density at radius 2 is 2.21 bits per heavy atom. The van der Waals surface area contributed by atoms with Gasteiger partial charge in [-0.25, -0.2) is 4.98 Å². The first-order valence-corrected chi connectivity index (χ1v) is 4.87. The molecular formula is C8H5BrClN3O. The van der Waals surface area contributed by atoms with Gasteiger partial charge in [0.1, 0.15) is 10.8 Å². The Morgan fingerprint density at radius 3 is 2.86 bits per heavy atom. The second-order valence-corrected chi connectivity index (χ2v) is 3.88. The number of nitrogen functional groups attached to an aromatic ring is 1. The molecule has 0 aliphatic rings. The number of rotatable bonds is 1. The molecule has 4 nitrogen and oxygen atoms in total. The fourth-order valence-corrected chi connectivity index (χ4v) is 1.55. The van der Waals surface area contributed by atoms with Crippen LogP contribution in [0.1, 0.15) is 0 Å². The van der Waals surface area contributed by atoms with E-state index in [0.717, 1.165) is 4.47 Å². The molecule has 2 N–H and O–H groups in total. The van der Waals surface area contributed by atoms with Gasteiger partial charge in [0.15, 0.2) is 5.76 Å². The quantitative estimate of drug-likeness (QED) is 0.812. The molecule has 72 valence electrons. The zero-order chi connectivity index (χ0) is 10.1. The Hall–Kier alpha value is -1.07. The van der Waals surface area contributed by atoms with Crippen LogP contribution in [-0.2, 0) is 0 Å². The van der Waals surface area contributed by atoms with Gasteiger partial charge in [0, 0.05) is 10.7 Å². The van der Waals surface area contributed by atoms with Crippen LogP contribution in [0.3, 0.4) is 0 Å². The van der Waals surface area contributed by atoms with Gasteiger partial charge in [-0.15, -0.1) is 0 Å². The Bertz CT molecular complexity index is 471. The number of anilines is 1. The Kier molecular flexibility index (Phi) is 2.43. The van der Waals surface area contributed by atoms with Crippen molar-refractivity contribution in [1.82, 2.24) is 10.1 Å². The van der Waals surface area contributed by atoms with Gasteiger partial charge in [0.2, 0.25) is 0 Å². The molecule has 0 saturated carbocycles. The highest BCUT2D eigenvalue weighted by atomic mass is 79.9. The molecule has 0 amide bonds. The predicted molar refractivity (Wildman–Crippen MR) is 56.9 cm³/mol. The van der Waals surface area contributed by atoms with Crippen LogP contribution in [-0.4, -0.2) is 10.1 Å². The molecule has 2 aromatic heterocycles. The molecule has 2 aromatic rings. The second-order valence-electron chi connectivity index (χ2n) is 2.60. The largest absolute Gasteiger partial charge is 0.394 e. The summed E-state index contributed by atoms with van der Waals surface area (Å²) in [5.41, 5.74) is 6.69. The molecule has 0 aliphatic carbocycles. The van der Waals surface area contributed by atoms with Crippen LogP contribution in [0.15, 0.2) is 27.5 Å². The zero-order valence-electron chi connectivity index (χ0n) is 6.87. The van der Waals surface area contributed by atoms with Gasteiger partial charge < -0.3 is 10.3 Å². The van der Waals surface area contributed by atoms with Crippen molar-refractivity contribution in [2.75, 3.05) is 5.73 Å². The maximum absolute atomic E-state index is 5.88. The third-order valence-corrected chi connectivity index (χ3v) is 2.38. The van der Waals surface area contributed by atoms with Crippen LogP contribution in [0.2, 0.25) is 5.15 Å². The van der Waals surface area contributed by atoms with Gasteiger partial charge >= 0.3 is 0 Å². The summed E-state index contributed by atoms with van der Waals surface area (Å²) in [5.74, 6) is 0.434. The minimum atomic E-state index is 0.330. The van der Waals surface area contributed by atoms with E-state index in [1.165, 1.54) is 6.20 Å². The van der Waals surface area contributed by atoms with Crippen LogP contribution in [0.25, 0.3) is 11.3 Å². The van der Waals surface area contributed by atoms with E-state index in [-0.39, 0.29) is 0 Å². The summed E-state index contributed by atoms with van der Waals surface area (Å²) >= 11 is 9.17. The van der Waals surface area contributed by atoms with Crippen LogP contribution in [0, 0.1) is 0 Å². The number of pyridine rings is 1. The predicted octanol–water partition coefficient (Wildman–Crippen LogP) is 2.73. The molecule has 6 heteroatoms. The summed E-state index contributed by atoms with van der Waals surface area (Å²) in [7, 11) is 0. The first-order chi connectivity index (χ1) is 6.68. The van der Waals surface area contributed by atoms with Crippen molar-refractivity contribution >= 4 is 33.2 Å². The second kappa shape index (κ2) is 3.59. The van der Waals surface area contributed by atoms with Crippen LogP contribution < -0.4 is 5.73 Å². The van der Waals surface area contributed by atoms with Gasteiger partial charge in [0.25, 0.3) is 0 Å². The van der Waals surface area contributed by atoms with Crippen LogP contribution >= 0.6 is 27.5 Å². The molecule has 0 radical (unpaired) electrons. The number of nitrogens with two attached hydrogens (primary N) is 1. The van der Waals surface area contributed by atoms with Crippen molar-refractivity contribution in [3.63, 3.8) is 0 Å². The van der Waals surface area contributed by atoms with Gasteiger partial charge in [-0.3, -0.25) is 0 Å². The summed E-state index contributed by atoms with van der Waals surface area (Å²) in [6, 6.07) is 1.77. The first-order valence-electron chi connectivity index (χ1n) is 3.70. The Balaban J connectivity index is 2.62. The van der Waals surface area contributed by atoms with Crippen LogP contribution in [0.4, 0.5) is 5.69 Å². The maximum Gasteiger partial charge on any atom is 0.192 e. The summed E-state index contributed by atoms with van der Waals surface area (Å²) < 4.78 is 5.76. The van der Waals surface area contributed by atoms with E-state index in [9.17, 15) is 0 Å². The summed E-state index contributed by atoms with van der Waals surface area (Å²) in [5, 5.41) is 3.90. The zero-order valence-corrected chi connectivity index (χ0v) is 9.21. The summed E-state index contributed by atoms with van der Waals surface area (Å²) in [4.78, 5) is 3.95. The minimum Gasteiger partial charge on any atom is -0.394 e. The highest BCUT2D eigenvalue weighted by molar-refractivity contribution is 9.10. The van der Waals surface area contributed by atoms with Gasteiger partial charge in [-0.05, 0) is 22.0 Å². The van der Waals surface area contributed by atoms with Crippen molar-refractivity contribution < 1.29 is 4.52 Å². The Labute approximate surface area is 93.2 Å². The van der Waals surface area contributed by atoms with E-state index in [1.54, 1.807) is 12.3 Å². The van der Waals surface area contributed by atoms with E-state index in [0.29, 0.717) is 22.2 Å². The molecule has 2 rings (SSSR count). The average molecular weight is 275 g/mol. The highest BCUT2D eigenvalue weighted by Crippen LogP contribution is 2.32. The lowest BCUT2D eigenvalue weighted by atomic mass is 10.2. The molecule has 0 atom stereocenters. The number of hydrogen-bond donors (Lipinski definition) is 1. The standard InChI is InChI=1S/C8H5BrClN3O/c9-4-1-5(8(10)12-2-4)7-6(11)3-13-14-7/h1-3H,11H2. The number of aromatic nitrogens is 2. The lowest BCUT2D eigenvalue weighted by Crippen LogP contribution is -1.87. The van der Waals surface area contributed by atoms with Crippen molar-refractivity contribution in [3.8, 4) is 11.3 Å². The van der Waals surface area contributed by atoms with Crippen molar-refractivity contribution in [2.45, 2.75) is 0 Å². The molecule has 0 saturated heterocycles. The highest BCUT2D eigenvalue weighted by Gasteiger charge is 2.12. The van der Waals surface area contributed by atoms with Gasteiger partial charge in [-0.2, -0.15) is 0 Å². The summed E-state index contributed by atoms with van der Waals surface area (Å²) in [6.07, 6.45) is 3.02. The lowest BCUT2D eigenvalue weighted by molar-refractivity contribution is 0.432. The topological polar surface area (TPSA) is 64.9 Å². The van der Waals surface area contributed by atoms with Gasteiger partial charge in [-0.1, -0.05) is 16.8 Å². The molecule has 2 heterocycles. The molecular weight excluding hydrogens is 269 g/mol. The van der Waals surface area contributed by atoms with E-state index < -0.39 is 0 Å². The summed E-state index contributed by atoms with van der Waals surface area (Å²) in [6.45, 7) is 0. The van der Waals surface area contributed by atoms with E-state index >= 15 is 0 Å². The van der Waals surface area contributed by atoms with Crippen molar-refractivity contribution in [3.05, 3.63) is 28.1 Å². The Morgan fingerprint density at radius 1 is 1.43 bits per heavy atom. The first kappa shape index (κ1) is 9.48. The van der Waals surface area contributed by atoms with Crippen LogP contribution in [0.5, 0.6) is 0 Å². The van der Waals surface area contributed by atoms with E-state index in [2.05, 4.69) is 26.1 Å². The molecule has 0 aliphatic heterocycles. The molecule has 14 heavy (non-hydrogen) atoms. The van der Waals surface area contributed by atoms with Crippen molar-refractivity contribution in [1.29, 1.82) is 0 Å². The smallest absolute Gasteiger partial charge is 0.192 e. The number of halogens is 2. The third kappa shape index (κ3) is 1.60. The van der Waals surface area contributed by atoms with Gasteiger partial charge in [0.05, 0.1) is 11.8 Å². The lowest BCUT2D eigenvalue weighted by Gasteiger charge is -2.00. The number of hydrogen-bond acceptors (Lipinski definition) is 4. The average Bonchev–Trinajstić information content (AvgIpc) is 2.56. The normalized spacial score (nSPS) is 10.4. The maximum atomic E-state index is 5.88. The molecule has 0 aromatic carbocycles. The molecule has 0 bridgehead atoms. The monoisotopic (exact) mass is 273 g/mol. The fourth-order valence-electron chi connectivity index (χ4n) is 1.03. The molecule has 0 fully saturated rings. The third-order valence-electron chi connectivity index (χ3n) is 1.65. The number of nitrogens with zero attached hydrogens (tertiary/aromatic N) is 2. The minimum absolute atomic E-state index is 0.330. The SMILES string of the molecule is Nc1cnoc1-c1cc(Br)cnc1Cl. The van der Waals surface area contributed by atoms with E-state index in [1.807, 2.05) is 0 Å². The van der Waals surface area contributed by atoms with Crippen molar-refractivity contribution in [2.24, 2.45) is 0 Å². The molecule has 0 spiro atoms. The van der Waals surface area contributed by atoms with E-state index in [4.69, 9.17) is 21.9 Å². The molecule has 0 unspecified atom stereocenters. The fraction of sp³-hybridized carbons (Fsp3) is 0.